The Hall–Kier alpha value is -2.80. The third kappa shape index (κ3) is 4.07. The highest BCUT2D eigenvalue weighted by Crippen LogP contribution is 2.38. The van der Waals surface area contributed by atoms with Crippen molar-refractivity contribution < 1.29 is 4.79 Å². The summed E-state index contributed by atoms with van der Waals surface area (Å²) in [5.74, 6) is 0.849. The summed E-state index contributed by atoms with van der Waals surface area (Å²) < 4.78 is 1.94. The van der Waals surface area contributed by atoms with Gasteiger partial charge in [-0.1, -0.05) is 66.2 Å². The van der Waals surface area contributed by atoms with E-state index in [4.69, 9.17) is 0 Å². The van der Waals surface area contributed by atoms with Gasteiger partial charge in [-0.2, -0.15) is 0 Å². The average molecular weight is 422 g/mol. The molecule has 0 saturated heterocycles. The second-order valence-electron chi connectivity index (χ2n) is 7.85. The number of carbonyl (C=O) groups is 1. The Bertz CT molecular complexity index is 1060. The summed E-state index contributed by atoms with van der Waals surface area (Å²) in [6.45, 7) is 8.25. The van der Waals surface area contributed by atoms with Gasteiger partial charge in [-0.05, 0) is 44.4 Å². The fourth-order valence-corrected chi connectivity index (χ4v) is 4.76. The number of benzene rings is 2. The molecule has 1 amide bonds. The molecule has 0 aliphatic carbocycles. The van der Waals surface area contributed by atoms with E-state index in [1.807, 2.05) is 30.7 Å². The van der Waals surface area contributed by atoms with E-state index in [0.717, 1.165) is 40.6 Å². The van der Waals surface area contributed by atoms with E-state index in [0.29, 0.717) is 0 Å². The lowest BCUT2D eigenvalue weighted by Gasteiger charge is -2.33. The van der Waals surface area contributed by atoms with E-state index < -0.39 is 0 Å². The number of amides is 1. The maximum absolute atomic E-state index is 13.4. The predicted molar refractivity (Wildman–Crippen MR) is 121 cm³/mol. The van der Waals surface area contributed by atoms with E-state index in [1.165, 1.54) is 22.9 Å². The minimum atomic E-state index is -0.375. The van der Waals surface area contributed by atoms with E-state index in [-0.39, 0.29) is 17.2 Å². The Morgan fingerprint density at radius 1 is 1.10 bits per heavy atom. The second kappa shape index (κ2) is 8.52. The van der Waals surface area contributed by atoms with Crippen molar-refractivity contribution in [3.05, 3.63) is 70.5 Å². The van der Waals surface area contributed by atoms with Crippen LogP contribution >= 0.6 is 11.8 Å². The number of carbonyl (C=O) groups excluding carboxylic acids is 1. The number of rotatable bonds is 5. The number of hydrogen-bond acceptors (Lipinski definition) is 5. The van der Waals surface area contributed by atoms with Gasteiger partial charge >= 0.3 is 0 Å². The molecule has 1 aromatic heterocycles. The summed E-state index contributed by atoms with van der Waals surface area (Å²) in [4.78, 5) is 13.4. The highest BCUT2D eigenvalue weighted by Gasteiger charge is 2.37. The molecule has 2 atom stereocenters. The average Bonchev–Trinajstić information content (AvgIpc) is 3.12. The molecule has 2 heterocycles. The van der Waals surface area contributed by atoms with E-state index in [2.05, 4.69) is 65.1 Å². The molecule has 7 heteroatoms. The van der Waals surface area contributed by atoms with Gasteiger partial charge in [0.25, 0.3) is 0 Å². The van der Waals surface area contributed by atoms with Crippen LogP contribution in [0, 0.1) is 20.8 Å². The zero-order valence-corrected chi connectivity index (χ0v) is 18.6. The molecule has 1 aliphatic heterocycles. The van der Waals surface area contributed by atoms with Gasteiger partial charge < -0.3 is 10.7 Å². The summed E-state index contributed by atoms with van der Waals surface area (Å²) in [6.07, 6.45) is 1.82. The highest BCUT2D eigenvalue weighted by atomic mass is 32.2. The number of anilines is 1. The van der Waals surface area contributed by atoms with Gasteiger partial charge in [0.15, 0.2) is 5.82 Å². The number of thioether (sulfide) groups is 1. The molecule has 2 N–H and O–H groups in total. The number of hydrogen-bond donors (Lipinski definition) is 2. The van der Waals surface area contributed by atoms with Crippen molar-refractivity contribution in [2.45, 2.75) is 57.0 Å². The van der Waals surface area contributed by atoms with Gasteiger partial charge in [0.2, 0.25) is 11.1 Å². The van der Waals surface area contributed by atoms with Crippen molar-refractivity contribution in [3.63, 3.8) is 0 Å². The Kier molecular flexibility index (Phi) is 5.81. The molecule has 0 saturated carbocycles. The van der Waals surface area contributed by atoms with Crippen molar-refractivity contribution >= 4 is 23.4 Å². The molecule has 0 bridgehead atoms. The molecular weight excluding hydrogens is 394 g/mol. The summed E-state index contributed by atoms with van der Waals surface area (Å²) in [5, 5.41) is 12.1. The zero-order valence-electron chi connectivity index (χ0n) is 17.8. The van der Waals surface area contributed by atoms with Crippen LogP contribution in [0.25, 0.3) is 0 Å². The Morgan fingerprint density at radius 3 is 2.53 bits per heavy atom. The number of nitrogens with one attached hydrogen (secondary N) is 2. The molecule has 3 aromatic rings. The first-order chi connectivity index (χ1) is 14.5. The van der Waals surface area contributed by atoms with Crippen LogP contribution in [0.15, 0.2) is 47.6 Å². The Balaban J connectivity index is 1.67. The first-order valence-corrected chi connectivity index (χ1v) is 11.2. The van der Waals surface area contributed by atoms with E-state index >= 15 is 0 Å². The maximum atomic E-state index is 13.4. The minimum Gasteiger partial charge on any atom is -0.325 e. The highest BCUT2D eigenvalue weighted by molar-refractivity contribution is 8.00. The molecule has 6 nitrogen and oxygen atoms in total. The Morgan fingerprint density at radius 2 is 1.83 bits per heavy atom. The van der Waals surface area contributed by atoms with Gasteiger partial charge in [-0.15, -0.1) is 10.2 Å². The lowest BCUT2D eigenvalue weighted by molar-refractivity contribution is -0.116. The molecule has 30 heavy (non-hydrogen) atoms. The van der Waals surface area contributed by atoms with Crippen LogP contribution in [-0.2, 0) is 11.2 Å². The molecule has 4 rings (SSSR count). The summed E-state index contributed by atoms with van der Waals surface area (Å²) in [7, 11) is 0. The summed E-state index contributed by atoms with van der Waals surface area (Å²) in [6, 6.07) is 14.2. The third-order valence-electron chi connectivity index (χ3n) is 5.31. The smallest absolute Gasteiger partial charge is 0.240 e. The monoisotopic (exact) mass is 421 g/mol. The van der Waals surface area contributed by atoms with Crippen LogP contribution in [0.3, 0.4) is 0 Å². The first-order valence-electron chi connectivity index (χ1n) is 10.3. The fourth-order valence-electron chi connectivity index (χ4n) is 3.67. The van der Waals surface area contributed by atoms with Crippen LogP contribution in [0.2, 0.25) is 0 Å². The normalized spacial score (nSPS) is 17.9. The van der Waals surface area contributed by atoms with E-state index in [1.54, 1.807) is 0 Å². The van der Waals surface area contributed by atoms with Crippen LogP contribution in [0.5, 0.6) is 0 Å². The van der Waals surface area contributed by atoms with Gasteiger partial charge in [0.05, 0.1) is 6.04 Å². The lowest BCUT2D eigenvalue weighted by Crippen LogP contribution is -2.41. The largest absolute Gasteiger partial charge is 0.325 e. The van der Waals surface area contributed by atoms with Crippen molar-refractivity contribution in [3.8, 4) is 0 Å². The van der Waals surface area contributed by atoms with Crippen molar-refractivity contribution in [2.75, 3.05) is 10.7 Å². The standard InChI is InChI=1S/C23H27N5OS/c1-5-6-19-25-26-23-28(19)27-20(17-10-7-14(2)8-11-17)21(30-23)22(29)24-18-12-9-15(3)13-16(18)4/h7-13,20-21,27H,5-6H2,1-4H3,(H,24,29). The summed E-state index contributed by atoms with van der Waals surface area (Å²) in [5.41, 5.74) is 8.84. The first kappa shape index (κ1) is 20.5. The quantitative estimate of drug-likeness (QED) is 0.632. The fraction of sp³-hybridized carbons (Fsp3) is 0.348. The number of nitrogens with zero attached hydrogens (tertiary/aromatic N) is 3. The Labute approximate surface area is 181 Å². The molecule has 1 aliphatic rings. The maximum Gasteiger partial charge on any atom is 0.240 e. The van der Waals surface area contributed by atoms with Crippen LogP contribution in [0.4, 0.5) is 5.69 Å². The molecule has 156 valence electrons. The van der Waals surface area contributed by atoms with Crippen molar-refractivity contribution in [1.29, 1.82) is 0 Å². The SMILES string of the molecule is CCCc1nnc2n1NC(c1ccc(C)cc1)C(C(=O)Nc1ccc(C)cc1C)S2. The van der Waals surface area contributed by atoms with Gasteiger partial charge in [0, 0.05) is 12.1 Å². The molecule has 0 fully saturated rings. The minimum absolute atomic E-state index is 0.0451. The topological polar surface area (TPSA) is 71.8 Å². The molecule has 0 radical (unpaired) electrons. The van der Waals surface area contributed by atoms with Gasteiger partial charge in [0.1, 0.15) is 5.25 Å². The van der Waals surface area contributed by atoms with Gasteiger partial charge in [-0.25, -0.2) is 4.68 Å². The van der Waals surface area contributed by atoms with Crippen molar-refractivity contribution in [2.24, 2.45) is 0 Å². The number of fused-ring (bicyclic) bond motifs is 1. The lowest BCUT2D eigenvalue weighted by atomic mass is 10.0. The molecule has 2 aromatic carbocycles. The zero-order chi connectivity index (χ0) is 21.3. The van der Waals surface area contributed by atoms with E-state index in [9.17, 15) is 4.79 Å². The number of aromatic nitrogens is 3. The second-order valence-corrected chi connectivity index (χ2v) is 8.96. The van der Waals surface area contributed by atoms with Crippen molar-refractivity contribution in [1.82, 2.24) is 14.9 Å². The van der Waals surface area contributed by atoms with Crippen LogP contribution in [0.1, 0.15) is 47.5 Å². The summed E-state index contributed by atoms with van der Waals surface area (Å²) >= 11 is 1.46. The van der Waals surface area contributed by atoms with Gasteiger partial charge in [-0.3, -0.25) is 4.79 Å². The van der Waals surface area contributed by atoms with Crippen LogP contribution in [-0.4, -0.2) is 26.0 Å². The molecule has 2 unspecified atom stereocenters. The van der Waals surface area contributed by atoms with Crippen LogP contribution < -0.4 is 10.7 Å². The molecular formula is C23H27N5OS. The third-order valence-corrected chi connectivity index (χ3v) is 6.53. The molecule has 0 spiro atoms. The number of aryl methyl sites for hydroxylation is 4. The predicted octanol–water partition coefficient (Wildman–Crippen LogP) is 4.55.